The van der Waals surface area contributed by atoms with E-state index in [2.05, 4.69) is 20.1 Å². The van der Waals surface area contributed by atoms with Crippen molar-refractivity contribution < 1.29 is 13.5 Å². The molecule has 0 unspecified atom stereocenters. The van der Waals surface area contributed by atoms with Crippen LogP contribution in [0.3, 0.4) is 0 Å². The van der Waals surface area contributed by atoms with Gasteiger partial charge in [-0.3, -0.25) is 4.68 Å². The number of aryl methyl sites for hydroxylation is 3. The van der Waals surface area contributed by atoms with Crippen molar-refractivity contribution in [3.8, 4) is 11.3 Å². The Morgan fingerprint density at radius 3 is 2.41 bits per heavy atom. The number of anilines is 1. The summed E-state index contributed by atoms with van der Waals surface area (Å²) in [6.07, 6.45) is 3.64. The topological polar surface area (TPSA) is 69.0 Å². The Balaban J connectivity index is 0.000000354. The van der Waals surface area contributed by atoms with Crippen LogP contribution in [0, 0.1) is 25.5 Å². The Kier molecular flexibility index (Phi) is 6.36. The minimum Gasteiger partial charge on any atom is -0.378 e. The molecule has 4 heterocycles. The number of rotatable bonds is 2. The third-order valence-corrected chi connectivity index (χ3v) is 5.24. The molecule has 0 atom stereocenters. The van der Waals surface area contributed by atoms with Gasteiger partial charge in [0.05, 0.1) is 18.9 Å². The molecule has 0 N–H and O–H groups in total. The van der Waals surface area contributed by atoms with Crippen LogP contribution in [0.4, 0.5) is 14.7 Å². The quantitative estimate of drug-likeness (QED) is 0.474. The average molecular weight is 438 g/mol. The van der Waals surface area contributed by atoms with Gasteiger partial charge in [0.25, 0.3) is 0 Å². The highest BCUT2D eigenvalue weighted by Gasteiger charge is 2.20. The van der Waals surface area contributed by atoms with Gasteiger partial charge in [0.1, 0.15) is 11.6 Å². The Morgan fingerprint density at radius 2 is 1.78 bits per heavy atom. The number of halogens is 2. The molecule has 1 saturated heterocycles. The van der Waals surface area contributed by atoms with Crippen molar-refractivity contribution in [2.24, 2.45) is 7.05 Å². The van der Waals surface area contributed by atoms with E-state index < -0.39 is 11.6 Å². The monoisotopic (exact) mass is 438 g/mol. The van der Waals surface area contributed by atoms with E-state index in [-0.39, 0.29) is 5.56 Å². The van der Waals surface area contributed by atoms with E-state index >= 15 is 0 Å². The lowest BCUT2D eigenvalue weighted by atomic mass is 10.1. The predicted molar refractivity (Wildman–Crippen MR) is 118 cm³/mol. The van der Waals surface area contributed by atoms with Crippen molar-refractivity contribution in [2.75, 3.05) is 31.2 Å². The van der Waals surface area contributed by atoms with E-state index in [0.29, 0.717) is 49.0 Å². The first-order valence-electron chi connectivity index (χ1n) is 10.3. The van der Waals surface area contributed by atoms with Gasteiger partial charge in [-0.25, -0.2) is 18.7 Å². The molecule has 1 aliphatic rings. The van der Waals surface area contributed by atoms with Crippen LogP contribution in [0.15, 0.2) is 42.7 Å². The summed E-state index contributed by atoms with van der Waals surface area (Å²) in [4.78, 5) is 15.7. The lowest BCUT2D eigenvalue weighted by molar-refractivity contribution is 0.122. The van der Waals surface area contributed by atoms with Gasteiger partial charge in [0, 0.05) is 55.2 Å². The van der Waals surface area contributed by atoms with Crippen LogP contribution >= 0.6 is 0 Å². The van der Waals surface area contributed by atoms with Crippen molar-refractivity contribution in [1.82, 2.24) is 24.7 Å². The molecule has 0 aliphatic carbocycles. The maximum Gasteiger partial charge on any atom is 0.228 e. The molecule has 32 heavy (non-hydrogen) atoms. The van der Waals surface area contributed by atoms with Gasteiger partial charge in [0.15, 0.2) is 5.65 Å². The predicted octanol–water partition coefficient (Wildman–Crippen LogP) is 3.84. The second kappa shape index (κ2) is 9.35. The zero-order valence-electron chi connectivity index (χ0n) is 18.2. The van der Waals surface area contributed by atoms with E-state index in [9.17, 15) is 8.78 Å². The Bertz CT molecular complexity index is 1220. The normalized spacial score (nSPS) is 13.7. The number of hydrogen-bond donors (Lipinski definition) is 0. The SMILES string of the molecule is Cc1cc2c(-c3ccc(F)cc3F)nc(N3CCOCC3)nc2nc1C.Cn1cccn1. The fraction of sp³-hybridized carbons (Fsp3) is 0.304. The molecule has 4 aromatic rings. The molecule has 166 valence electrons. The molecule has 0 spiro atoms. The third kappa shape index (κ3) is 4.72. The molecule has 0 amide bonds. The van der Waals surface area contributed by atoms with Crippen LogP contribution in [0.1, 0.15) is 11.3 Å². The van der Waals surface area contributed by atoms with E-state index in [4.69, 9.17) is 4.74 Å². The maximum absolute atomic E-state index is 14.5. The summed E-state index contributed by atoms with van der Waals surface area (Å²) in [5.41, 5.74) is 2.98. The van der Waals surface area contributed by atoms with Gasteiger partial charge in [-0.1, -0.05) is 0 Å². The molecule has 0 bridgehead atoms. The molecule has 7 nitrogen and oxygen atoms in total. The van der Waals surface area contributed by atoms with Gasteiger partial charge < -0.3 is 9.64 Å². The molecule has 9 heteroatoms. The smallest absolute Gasteiger partial charge is 0.228 e. The number of nitrogens with zero attached hydrogens (tertiary/aromatic N) is 6. The Hall–Kier alpha value is -3.46. The minimum absolute atomic E-state index is 0.235. The summed E-state index contributed by atoms with van der Waals surface area (Å²) >= 11 is 0. The fourth-order valence-corrected chi connectivity index (χ4v) is 3.37. The molecule has 0 radical (unpaired) electrons. The zero-order chi connectivity index (χ0) is 22.7. The van der Waals surface area contributed by atoms with Crippen molar-refractivity contribution in [3.63, 3.8) is 0 Å². The first kappa shape index (κ1) is 21.8. The number of hydrogen-bond acceptors (Lipinski definition) is 6. The second-order valence-electron chi connectivity index (χ2n) is 7.54. The van der Waals surface area contributed by atoms with E-state index in [1.165, 1.54) is 12.1 Å². The lowest BCUT2D eigenvalue weighted by Gasteiger charge is -2.27. The van der Waals surface area contributed by atoms with Crippen LogP contribution in [-0.4, -0.2) is 51.0 Å². The fourth-order valence-electron chi connectivity index (χ4n) is 3.37. The van der Waals surface area contributed by atoms with Gasteiger partial charge in [-0.05, 0) is 43.7 Å². The molecule has 5 rings (SSSR count). The minimum atomic E-state index is -0.656. The molecular formula is C23H24F2N6O. The molecule has 1 fully saturated rings. The van der Waals surface area contributed by atoms with E-state index in [1.807, 2.05) is 44.1 Å². The zero-order valence-corrected chi connectivity index (χ0v) is 18.2. The standard InChI is InChI=1S/C19H18F2N4O.C4H6N2/c1-11-9-15-17(14-4-3-13(20)10-16(14)21)23-19(24-18(15)22-12(11)2)25-5-7-26-8-6-25;1-6-4-2-3-5-6/h3-4,9-10H,5-8H2,1-2H3;2-4H,1H3. The van der Waals surface area contributed by atoms with Crippen molar-refractivity contribution in [3.05, 3.63) is 65.6 Å². The lowest BCUT2D eigenvalue weighted by Crippen LogP contribution is -2.37. The Labute approximate surface area is 184 Å². The molecular weight excluding hydrogens is 414 g/mol. The highest BCUT2D eigenvalue weighted by atomic mass is 19.1. The summed E-state index contributed by atoms with van der Waals surface area (Å²) in [6, 6.07) is 7.30. The molecule has 1 aromatic carbocycles. The molecule has 3 aromatic heterocycles. The molecule has 0 saturated carbocycles. The van der Waals surface area contributed by atoms with Crippen molar-refractivity contribution in [2.45, 2.75) is 13.8 Å². The highest BCUT2D eigenvalue weighted by molar-refractivity contribution is 5.92. The number of aromatic nitrogens is 5. The number of fused-ring (bicyclic) bond motifs is 1. The number of benzene rings is 1. The maximum atomic E-state index is 14.5. The Morgan fingerprint density at radius 1 is 1.00 bits per heavy atom. The number of ether oxygens (including phenoxy) is 1. The number of morpholine rings is 1. The average Bonchev–Trinajstić information content (AvgIpc) is 3.26. The summed E-state index contributed by atoms with van der Waals surface area (Å²) < 4.78 is 34.9. The van der Waals surface area contributed by atoms with E-state index in [0.717, 1.165) is 17.3 Å². The van der Waals surface area contributed by atoms with Crippen LogP contribution in [-0.2, 0) is 11.8 Å². The first-order valence-corrected chi connectivity index (χ1v) is 10.3. The van der Waals surface area contributed by atoms with Crippen LogP contribution in [0.2, 0.25) is 0 Å². The van der Waals surface area contributed by atoms with Gasteiger partial charge >= 0.3 is 0 Å². The summed E-state index contributed by atoms with van der Waals surface area (Å²) in [5.74, 6) is -0.797. The van der Waals surface area contributed by atoms with Crippen molar-refractivity contribution in [1.29, 1.82) is 0 Å². The van der Waals surface area contributed by atoms with Gasteiger partial charge in [-0.15, -0.1) is 0 Å². The van der Waals surface area contributed by atoms with Crippen molar-refractivity contribution >= 4 is 17.0 Å². The molecule has 1 aliphatic heterocycles. The van der Waals surface area contributed by atoms with Crippen LogP contribution in [0.5, 0.6) is 0 Å². The highest BCUT2D eigenvalue weighted by Crippen LogP contribution is 2.31. The van der Waals surface area contributed by atoms with Gasteiger partial charge in [-0.2, -0.15) is 10.1 Å². The van der Waals surface area contributed by atoms with Crippen LogP contribution < -0.4 is 4.90 Å². The van der Waals surface area contributed by atoms with Gasteiger partial charge in [0.2, 0.25) is 5.95 Å². The number of pyridine rings is 1. The third-order valence-electron chi connectivity index (χ3n) is 5.24. The first-order chi connectivity index (χ1) is 15.4. The largest absolute Gasteiger partial charge is 0.378 e. The van der Waals surface area contributed by atoms with E-state index in [1.54, 1.807) is 10.9 Å². The summed E-state index contributed by atoms with van der Waals surface area (Å²) in [5, 5.41) is 4.48. The van der Waals surface area contributed by atoms with Crippen LogP contribution in [0.25, 0.3) is 22.3 Å². The summed E-state index contributed by atoms with van der Waals surface area (Å²) in [6.45, 7) is 6.32. The summed E-state index contributed by atoms with van der Waals surface area (Å²) in [7, 11) is 1.89. The second-order valence-corrected chi connectivity index (χ2v) is 7.54.